The SMILES string of the molecule is CCOc1cc(CNC(C)CCc2ccccc2)c(Cl)cc1OC(C)C. The molecule has 1 unspecified atom stereocenters. The molecular formula is C22H30ClNO2. The van der Waals surface area contributed by atoms with E-state index in [4.69, 9.17) is 21.1 Å². The van der Waals surface area contributed by atoms with Gasteiger partial charge in [0.1, 0.15) is 0 Å². The van der Waals surface area contributed by atoms with Crippen LogP contribution in [-0.4, -0.2) is 18.8 Å². The lowest BCUT2D eigenvalue weighted by atomic mass is 10.1. The van der Waals surface area contributed by atoms with E-state index in [1.165, 1.54) is 5.56 Å². The Kier molecular flexibility index (Phi) is 8.27. The van der Waals surface area contributed by atoms with Gasteiger partial charge in [-0.1, -0.05) is 41.9 Å². The molecule has 0 aliphatic heterocycles. The fourth-order valence-electron chi connectivity index (χ4n) is 2.74. The maximum atomic E-state index is 6.47. The summed E-state index contributed by atoms with van der Waals surface area (Å²) in [5.41, 5.74) is 2.39. The van der Waals surface area contributed by atoms with E-state index in [1.54, 1.807) is 0 Å². The highest BCUT2D eigenvalue weighted by molar-refractivity contribution is 6.31. The van der Waals surface area contributed by atoms with Crippen LogP contribution < -0.4 is 14.8 Å². The third kappa shape index (κ3) is 6.54. The molecule has 4 heteroatoms. The van der Waals surface area contributed by atoms with Gasteiger partial charge in [0.2, 0.25) is 0 Å². The lowest BCUT2D eigenvalue weighted by Gasteiger charge is -2.18. The van der Waals surface area contributed by atoms with Crippen molar-refractivity contribution in [2.24, 2.45) is 0 Å². The Morgan fingerprint density at radius 2 is 1.77 bits per heavy atom. The summed E-state index contributed by atoms with van der Waals surface area (Å²) in [6.45, 7) is 9.46. The molecule has 142 valence electrons. The topological polar surface area (TPSA) is 30.5 Å². The molecule has 0 bridgehead atoms. The summed E-state index contributed by atoms with van der Waals surface area (Å²) in [6.07, 6.45) is 2.22. The highest BCUT2D eigenvalue weighted by Gasteiger charge is 2.13. The van der Waals surface area contributed by atoms with Crippen LogP contribution in [0.25, 0.3) is 0 Å². The lowest BCUT2D eigenvalue weighted by molar-refractivity contribution is 0.223. The molecule has 0 fully saturated rings. The lowest BCUT2D eigenvalue weighted by Crippen LogP contribution is -2.26. The fourth-order valence-corrected chi connectivity index (χ4v) is 2.96. The van der Waals surface area contributed by atoms with E-state index in [9.17, 15) is 0 Å². The summed E-state index contributed by atoms with van der Waals surface area (Å²) in [5, 5.41) is 4.26. The third-order valence-corrected chi connectivity index (χ3v) is 4.48. The predicted molar refractivity (Wildman–Crippen MR) is 109 cm³/mol. The van der Waals surface area contributed by atoms with E-state index >= 15 is 0 Å². The zero-order valence-corrected chi connectivity index (χ0v) is 17.0. The van der Waals surface area contributed by atoms with E-state index in [1.807, 2.05) is 32.9 Å². The Morgan fingerprint density at radius 3 is 2.42 bits per heavy atom. The highest BCUT2D eigenvalue weighted by atomic mass is 35.5. The number of nitrogens with one attached hydrogen (secondary N) is 1. The number of halogens is 1. The molecule has 0 saturated heterocycles. The van der Waals surface area contributed by atoms with Crippen molar-refractivity contribution >= 4 is 11.6 Å². The van der Waals surface area contributed by atoms with Crippen molar-refractivity contribution in [1.29, 1.82) is 0 Å². The van der Waals surface area contributed by atoms with Gasteiger partial charge in [0.15, 0.2) is 11.5 Å². The second-order valence-electron chi connectivity index (χ2n) is 6.80. The molecule has 0 amide bonds. The van der Waals surface area contributed by atoms with E-state index in [-0.39, 0.29) is 6.10 Å². The van der Waals surface area contributed by atoms with Crippen molar-refractivity contribution < 1.29 is 9.47 Å². The van der Waals surface area contributed by atoms with Gasteiger partial charge in [-0.2, -0.15) is 0 Å². The molecule has 2 rings (SSSR count). The monoisotopic (exact) mass is 375 g/mol. The summed E-state index contributed by atoms with van der Waals surface area (Å²) in [6, 6.07) is 14.8. The average molecular weight is 376 g/mol. The van der Waals surface area contributed by atoms with Crippen molar-refractivity contribution in [3.05, 3.63) is 58.6 Å². The molecule has 0 heterocycles. The van der Waals surface area contributed by atoms with Crippen LogP contribution in [0.15, 0.2) is 42.5 Å². The van der Waals surface area contributed by atoms with Gasteiger partial charge in [0.05, 0.1) is 12.7 Å². The number of aryl methyl sites for hydroxylation is 1. The minimum absolute atomic E-state index is 0.0762. The zero-order chi connectivity index (χ0) is 18.9. The average Bonchev–Trinajstić information content (AvgIpc) is 2.61. The van der Waals surface area contributed by atoms with Gasteiger partial charge in [-0.3, -0.25) is 0 Å². The van der Waals surface area contributed by atoms with Gasteiger partial charge < -0.3 is 14.8 Å². The summed E-state index contributed by atoms with van der Waals surface area (Å²) in [7, 11) is 0. The second-order valence-corrected chi connectivity index (χ2v) is 7.20. The molecular weight excluding hydrogens is 346 g/mol. The first-order valence-electron chi connectivity index (χ1n) is 9.38. The predicted octanol–water partition coefficient (Wildman–Crippen LogP) is 5.64. The highest BCUT2D eigenvalue weighted by Crippen LogP contribution is 2.34. The first-order chi connectivity index (χ1) is 12.5. The van der Waals surface area contributed by atoms with Crippen LogP contribution in [0.4, 0.5) is 0 Å². The summed E-state index contributed by atoms with van der Waals surface area (Å²) in [4.78, 5) is 0. The molecule has 2 aromatic carbocycles. The third-order valence-electron chi connectivity index (χ3n) is 4.13. The smallest absolute Gasteiger partial charge is 0.163 e. The maximum Gasteiger partial charge on any atom is 0.163 e. The minimum Gasteiger partial charge on any atom is -0.490 e. The van der Waals surface area contributed by atoms with Crippen LogP contribution in [0.1, 0.15) is 45.2 Å². The van der Waals surface area contributed by atoms with Crippen LogP contribution in [-0.2, 0) is 13.0 Å². The number of hydrogen-bond donors (Lipinski definition) is 1. The van der Waals surface area contributed by atoms with E-state index in [2.05, 4.69) is 42.6 Å². The van der Waals surface area contributed by atoms with E-state index in [0.29, 0.717) is 30.0 Å². The largest absolute Gasteiger partial charge is 0.490 e. The normalized spacial score (nSPS) is 12.2. The zero-order valence-electron chi connectivity index (χ0n) is 16.2. The number of ether oxygens (including phenoxy) is 2. The molecule has 2 aromatic rings. The Morgan fingerprint density at radius 1 is 1.04 bits per heavy atom. The molecule has 0 aromatic heterocycles. The first kappa shape index (κ1) is 20.6. The van der Waals surface area contributed by atoms with Gasteiger partial charge in [0, 0.05) is 23.7 Å². The Bertz CT molecular complexity index is 673. The van der Waals surface area contributed by atoms with Gasteiger partial charge >= 0.3 is 0 Å². The molecule has 26 heavy (non-hydrogen) atoms. The maximum absolute atomic E-state index is 6.47. The summed E-state index contributed by atoms with van der Waals surface area (Å²) >= 11 is 6.47. The van der Waals surface area contributed by atoms with Crippen LogP contribution in [0.2, 0.25) is 5.02 Å². The molecule has 0 saturated carbocycles. The van der Waals surface area contributed by atoms with Gasteiger partial charge in [-0.05, 0) is 57.7 Å². The van der Waals surface area contributed by atoms with Crippen LogP contribution in [0.5, 0.6) is 11.5 Å². The molecule has 0 spiro atoms. The Hall–Kier alpha value is -1.71. The van der Waals surface area contributed by atoms with E-state index < -0.39 is 0 Å². The Balaban J connectivity index is 1.96. The standard InChI is InChI=1S/C22H30ClNO2/c1-5-25-21-13-19(20(23)14-22(21)26-16(2)3)15-24-17(4)11-12-18-9-7-6-8-10-18/h6-10,13-14,16-17,24H,5,11-12,15H2,1-4H3. The first-order valence-corrected chi connectivity index (χ1v) is 9.76. The van der Waals surface area contributed by atoms with Crippen LogP contribution >= 0.6 is 11.6 Å². The van der Waals surface area contributed by atoms with Gasteiger partial charge in [0.25, 0.3) is 0 Å². The molecule has 0 aliphatic carbocycles. The molecule has 1 atom stereocenters. The number of benzene rings is 2. The van der Waals surface area contributed by atoms with E-state index in [0.717, 1.165) is 24.2 Å². The second kappa shape index (κ2) is 10.4. The molecule has 3 nitrogen and oxygen atoms in total. The minimum atomic E-state index is 0.0762. The van der Waals surface area contributed by atoms with Gasteiger partial charge in [-0.25, -0.2) is 0 Å². The quantitative estimate of drug-likeness (QED) is 0.583. The van der Waals surface area contributed by atoms with Crippen LogP contribution in [0, 0.1) is 0 Å². The van der Waals surface area contributed by atoms with Crippen molar-refractivity contribution in [3.63, 3.8) is 0 Å². The van der Waals surface area contributed by atoms with Crippen molar-refractivity contribution in [2.45, 2.75) is 59.2 Å². The van der Waals surface area contributed by atoms with Gasteiger partial charge in [-0.15, -0.1) is 0 Å². The molecule has 0 radical (unpaired) electrons. The Labute approximate surface area is 162 Å². The summed E-state index contributed by atoms with van der Waals surface area (Å²) in [5.74, 6) is 1.45. The number of hydrogen-bond acceptors (Lipinski definition) is 3. The van der Waals surface area contributed by atoms with Crippen molar-refractivity contribution in [1.82, 2.24) is 5.32 Å². The fraction of sp³-hybridized carbons (Fsp3) is 0.455. The van der Waals surface area contributed by atoms with Crippen molar-refractivity contribution in [2.75, 3.05) is 6.61 Å². The molecule has 1 N–H and O–H groups in total. The van der Waals surface area contributed by atoms with Crippen molar-refractivity contribution in [3.8, 4) is 11.5 Å². The number of rotatable bonds is 10. The molecule has 0 aliphatic rings. The van der Waals surface area contributed by atoms with Crippen LogP contribution in [0.3, 0.4) is 0 Å². The summed E-state index contributed by atoms with van der Waals surface area (Å²) < 4.78 is 11.6.